The summed E-state index contributed by atoms with van der Waals surface area (Å²) in [6, 6.07) is 2.72. The van der Waals surface area contributed by atoms with Gasteiger partial charge in [-0.2, -0.15) is 0 Å². The zero-order chi connectivity index (χ0) is 16.0. The van der Waals surface area contributed by atoms with E-state index in [2.05, 4.69) is 20.9 Å². The second kappa shape index (κ2) is 6.87. The number of hydrogen-bond acceptors (Lipinski definition) is 6. The molecule has 0 saturated heterocycles. The van der Waals surface area contributed by atoms with Gasteiger partial charge in [0.25, 0.3) is 5.69 Å². The van der Waals surface area contributed by atoms with Gasteiger partial charge in [0, 0.05) is 20.1 Å². The summed E-state index contributed by atoms with van der Waals surface area (Å²) in [5.74, 6) is 0.663. The van der Waals surface area contributed by atoms with Gasteiger partial charge in [-0.3, -0.25) is 14.9 Å². The molecular formula is C13H21N5O3. The van der Waals surface area contributed by atoms with E-state index < -0.39 is 10.3 Å². The molecular weight excluding hydrogens is 274 g/mol. The molecule has 0 aliphatic rings. The molecule has 3 N–H and O–H groups in total. The lowest BCUT2D eigenvalue weighted by Crippen LogP contribution is -2.39. The van der Waals surface area contributed by atoms with Gasteiger partial charge in [-0.15, -0.1) is 0 Å². The SMILES string of the molecule is CCNc1cc([N+](=O)[O-])cc(NCC(C)(C)C(=O)NC)n1. The van der Waals surface area contributed by atoms with Crippen LogP contribution < -0.4 is 16.0 Å². The van der Waals surface area contributed by atoms with Crippen LogP contribution in [0.15, 0.2) is 12.1 Å². The summed E-state index contributed by atoms with van der Waals surface area (Å²) in [5.41, 5.74) is -0.708. The van der Waals surface area contributed by atoms with E-state index in [9.17, 15) is 14.9 Å². The van der Waals surface area contributed by atoms with Gasteiger partial charge in [-0.05, 0) is 20.8 Å². The Labute approximate surface area is 123 Å². The highest BCUT2D eigenvalue weighted by Crippen LogP contribution is 2.22. The first kappa shape index (κ1) is 16.7. The first-order valence-electron chi connectivity index (χ1n) is 6.66. The van der Waals surface area contributed by atoms with Crippen LogP contribution in [0.5, 0.6) is 0 Å². The standard InChI is InChI=1S/C13H21N5O3/c1-5-15-10-6-9(18(20)21)7-11(17-10)16-8-13(2,3)12(19)14-4/h6-7H,5,8H2,1-4H3,(H,14,19)(H2,15,16,17). The number of hydrogen-bond donors (Lipinski definition) is 3. The fourth-order valence-corrected chi connectivity index (χ4v) is 1.71. The predicted octanol–water partition coefficient (Wildman–Crippen LogP) is 1.61. The molecule has 0 atom stereocenters. The van der Waals surface area contributed by atoms with Crippen LogP contribution in [0.2, 0.25) is 0 Å². The fraction of sp³-hybridized carbons (Fsp3) is 0.538. The second-order valence-corrected chi connectivity index (χ2v) is 5.20. The molecule has 0 spiro atoms. The third kappa shape index (κ3) is 4.59. The van der Waals surface area contributed by atoms with Crippen molar-refractivity contribution in [1.29, 1.82) is 0 Å². The summed E-state index contributed by atoms with van der Waals surface area (Å²) in [7, 11) is 1.57. The van der Waals surface area contributed by atoms with Gasteiger partial charge in [0.15, 0.2) is 0 Å². The van der Waals surface area contributed by atoms with Crippen molar-refractivity contribution >= 4 is 23.2 Å². The zero-order valence-corrected chi connectivity index (χ0v) is 12.7. The minimum Gasteiger partial charge on any atom is -0.370 e. The quantitative estimate of drug-likeness (QED) is 0.521. The monoisotopic (exact) mass is 295 g/mol. The number of pyridine rings is 1. The molecule has 1 aromatic heterocycles. The van der Waals surface area contributed by atoms with Crippen molar-refractivity contribution in [3.8, 4) is 0 Å². The fourth-order valence-electron chi connectivity index (χ4n) is 1.71. The average molecular weight is 295 g/mol. The molecule has 0 aromatic carbocycles. The zero-order valence-electron chi connectivity index (χ0n) is 12.7. The Kier molecular flexibility index (Phi) is 5.45. The maximum Gasteiger partial charge on any atom is 0.276 e. The lowest BCUT2D eigenvalue weighted by molar-refractivity contribution is -0.384. The van der Waals surface area contributed by atoms with Crippen molar-refractivity contribution in [3.05, 3.63) is 22.2 Å². The van der Waals surface area contributed by atoms with Crippen molar-refractivity contribution < 1.29 is 9.72 Å². The molecule has 8 nitrogen and oxygen atoms in total. The number of anilines is 2. The number of carbonyl (C=O) groups is 1. The number of nitrogens with zero attached hydrogens (tertiary/aromatic N) is 2. The Hall–Kier alpha value is -2.38. The normalized spacial score (nSPS) is 10.9. The van der Waals surface area contributed by atoms with E-state index in [0.717, 1.165) is 0 Å². The van der Waals surface area contributed by atoms with Gasteiger partial charge in [0.1, 0.15) is 11.6 Å². The average Bonchev–Trinajstić information content (AvgIpc) is 2.44. The van der Waals surface area contributed by atoms with E-state index in [1.807, 2.05) is 6.92 Å². The van der Waals surface area contributed by atoms with Gasteiger partial charge >= 0.3 is 0 Å². The molecule has 0 saturated carbocycles. The molecule has 0 aliphatic carbocycles. The van der Waals surface area contributed by atoms with Gasteiger partial charge in [-0.1, -0.05) is 0 Å². The Morgan fingerprint density at radius 3 is 2.38 bits per heavy atom. The summed E-state index contributed by atoms with van der Waals surface area (Å²) in [6.45, 7) is 6.36. The predicted molar refractivity (Wildman–Crippen MR) is 81.4 cm³/mol. The van der Waals surface area contributed by atoms with Crippen LogP contribution >= 0.6 is 0 Å². The maximum absolute atomic E-state index is 11.7. The highest BCUT2D eigenvalue weighted by molar-refractivity contribution is 5.82. The summed E-state index contributed by atoms with van der Waals surface area (Å²) in [4.78, 5) is 26.4. The van der Waals surface area contributed by atoms with Gasteiger partial charge in [0.2, 0.25) is 5.91 Å². The molecule has 0 bridgehead atoms. The first-order chi connectivity index (χ1) is 9.80. The third-order valence-corrected chi connectivity index (χ3v) is 2.93. The van der Waals surface area contributed by atoms with Gasteiger partial charge < -0.3 is 16.0 Å². The summed E-state index contributed by atoms with van der Waals surface area (Å²) >= 11 is 0. The molecule has 1 amide bonds. The van der Waals surface area contributed by atoms with Gasteiger partial charge in [0.05, 0.1) is 22.5 Å². The molecule has 1 aromatic rings. The summed E-state index contributed by atoms with van der Waals surface area (Å²) < 4.78 is 0. The molecule has 0 unspecified atom stereocenters. The largest absolute Gasteiger partial charge is 0.370 e. The minimum atomic E-state index is -0.653. The van der Waals surface area contributed by atoms with Crippen LogP contribution in [0.4, 0.5) is 17.3 Å². The van der Waals surface area contributed by atoms with Crippen molar-refractivity contribution in [2.75, 3.05) is 30.8 Å². The maximum atomic E-state index is 11.7. The Morgan fingerprint density at radius 2 is 1.90 bits per heavy atom. The minimum absolute atomic E-state index is 0.0544. The second-order valence-electron chi connectivity index (χ2n) is 5.20. The highest BCUT2D eigenvalue weighted by Gasteiger charge is 2.26. The molecule has 116 valence electrons. The Balaban J connectivity index is 2.92. The molecule has 21 heavy (non-hydrogen) atoms. The Bertz CT molecular complexity index is 531. The van der Waals surface area contributed by atoms with Crippen LogP contribution in [0.1, 0.15) is 20.8 Å². The van der Waals surface area contributed by atoms with Crippen molar-refractivity contribution in [3.63, 3.8) is 0 Å². The topological polar surface area (TPSA) is 109 Å². The van der Waals surface area contributed by atoms with Crippen LogP contribution in [-0.2, 0) is 4.79 Å². The lowest BCUT2D eigenvalue weighted by Gasteiger charge is -2.23. The van der Waals surface area contributed by atoms with Crippen molar-refractivity contribution in [2.24, 2.45) is 5.41 Å². The van der Waals surface area contributed by atoms with Crippen LogP contribution in [0.25, 0.3) is 0 Å². The number of aromatic nitrogens is 1. The van der Waals surface area contributed by atoms with Crippen LogP contribution in [0.3, 0.4) is 0 Å². The summed E-state index contributed by atoms with van der Waals surface area (Å²) in [5, 5.41) is 19.4. The molecule has 0 aliphatic heterocycles. The molecule has 1 heterocycles. The molecule has 0 radical (unpaired) electrons. The summed E-state index contributed by atoms with van der Waals surface area (Å²) in [6.07, 6.45) is 0. The number of nitro groups is 1. The van der Waals surface area contributed by atoms with E-state index in [1.165, 1.54) is 12.1 Å². The van der Waals surface area contributed by atoms with Crippen LogP contribution in [0, 0.1) is 15.5 Å². The number of nitrogens with one attached hydrogen (secondary N) is 3. The number of rotatable bonds is 7. The first-order valence-corrected chi connectivity index (χ1v) is 6.66. The van der Waals surface area contributed by atoms with E-state index >= 15 is 0 Å². The van der Waals surface area contributed by atoms with E-state index in [-0.39, 0.29) is 11.6 Å². The smallest absolute Gasteiger partial charge is 0.276 e. The number of carbonyl (C=O) groups excluding carboxylic acids is 1. The van der Waals surface area contributed by atoms with Crippen LogP contribution in [-0.4, -0.2) is 36.0 Å². The van der Waals surface area contributed by atoms with Crippen molar-refractivity contribution in [1.82, 2.24) is 10.3 Å². The van der Waals surface area contributed by atoms with E-state index in [0.29, 0.717) is 24.7 Å². The molecule has 0 fully saturated rings. The Morgan fingerprint density at radius 1 is 1.33 bits per heavy atom. The highest BCUT2D eigenvalue weighted by atomic mass is 16.6. The third-order valence-electron chi connectivity index (χ3n) is 2.93. The van der Waals surface area contributed by atoms with Crippen molar-refractivity contribution in [2.45, 2.75) is 20.8 Å². The van der Waals surface area contributed by atoms with E-state index in [1.54, 1.807) is 20.9 Å². The lowest BCUT2D eigenvalue weighted by atomic mass is 9.92. The molecule has 1 rings (SSSR count). The van der Waals surface area contributed by atoms with Gasteiger partial charge in [-0.25, -0.2) is 4.98 Å². The number of amides is 1. The van der Waals surface area contributed by atoms with E-state index in [4.69, 9.17) is 0 Å². The molecule has 8 heteroatoms.